The molecule has 1 atom stereocenters. The number of ketones is 1. The Labute approximate surface area is 143 Å². The Morgan fingerprint density at radius 3 is 2.96 bits per heavy atom. The number of carbonyl (C=O) groups is 1. The normalized spacial score (nSPS) is 20.3. The second-order valence-corrected chi connectivity index (χ2v) is 6.05. The van der Waals surface area contributed by atoms with Gasteiger partial charge in [0.25, 0.3) is 0 Å². The molecule has 1 aliphatic heterocycles. The fraction of sp³-hybridized carbons (Fsp3) is 0.250. The lowest BCUT2D eigenvalue weighted by molar-refractivity contribution is -0.116. The molecule has 2 aliphatic rings. The molecule has 0 fully saturated rings. The van der Waals surface area contributed by atoms with Crippen LogP contribution in [0.4, 0.5) is 5.82 Å². The fourth-order valence-electron chi connectivity index (χ4n) is 2.98. The number of carbonyl (C=O) groups excluding carboxylic acids is 1. The molecule has 0 aromatic carbocycles. The summed E-state index contributed by atoms with van der Waals surface area (Å²) in [6.07, 6.45) is 5.37. The molecule has 2 aromatic rings. The molecule has 1 aliphatic carbocycles. The molecular formula is C16H15ClN6O. The number of allylic oxidation sites excluding steroid dienone is 1. The lowest BCUT2D eigenvalue weighted by Crippen LogP contribution is -2.38. The van der Waals surface area contributed by atoms with Gasteiger partial charge in [-0.3, -0.25) is 9.89 Å². The molecule has 1 unspecified atom stereocenters. The van der Waals surface area contributed by atoms with Crippen LogP contribution in [0.5, 0.6) is 0 Å². The second-order valence-electron chi connectivity index (χ2n) is 5.65. The smallest absolute Gasteiger partial charge is 0.202 e. The Morgan fingerprint density at radius 2 is 2.21 bits per heavy atom. The van der Waals surface area contributed by atoms with Gasteiger partial charge in [-0.1, -0.05) is 17.7 Å². The van der Waals surface area contributed by atoms with Crippen LogP contribution in [0.15, 0.2) is 46.9 Å². The van der Waals surface area contributed by atoms with Crippen LogP contribution in [0.25, 0.3) is 0 Å². The van der Waals surface area contributed by atoms with E-state index in [2.05, 4.69) is 30.8 Å². The number of aromatic amines is 1. The highest BCUT2D eigenvalue weighted by atomic mass is 35.5. The van der Waals surface area contributed by atoms with Crippen molar-refractivity contribution in [3.05, 3.63) is 52.6 Å². The van der Waals surface area contributed by atoms with Crippen molar-refractivity contribution in [1.82, 2.24) is 20.5 Å². The van der Waals surface area contributed by atoms with Gasteiger partial charge in [0.15, 0.2) is 5.78 Å². The van der Waals surface area contributed by atoms with Crippen LogP contribution >= 0.6 is 11.6 Å². The predicted molar refractivity (Wildman–Crippen MR) is 90.7 cm³/mol. The molecule has 0 radical (unpaired) electrons. The molecule has 3 heterocycles. The molecule has 4 rings (SSSR count). The summed E-state index contributed by atoms with van der Waals surface area (Å²) >= 11 is 6.21. The van der Waals surface area contributed by atoms with E-state index in [1.807, 2.05) is 18.2 Å². The zero-order valence-corrected chi connectivity index (χ0v) is 13.5. The Balaban J connectivity index is 1.73. The highest BCUT2D eigenvalue weighted by Gasteiger charge is 2.34. The molecule has 0 bridgehead atoms. The van der Waals surface area contributed by atoms with Crippen LogP contribution in [-0.4, -0.2) is 26.9 Å². The number of nitrogens with zero attached hydrogens (tertiary/aromatic N) is 3. The van der Waals surface area contributed by atoms with Crippen LogP contribution < -0.4 is 10.6 Å². The maximum Gasteiger partial charge on any atom is 0.202 e. The number of anilines is 1. The van der Waals surface area contributed by atoms with Crippen LogP contribution in [0.1, 0.15) is 31.0 Å². The standard InChI is InChI=1S/C16H15ClN6O/c17-9-8-19-23-14(9)15-13-10(4-3-5-11(13)24)20-16(22-15)21-12-6-1-2-7-18-12/h1-2,6-8,15H,3-5H2,(H,19,23)(H2,18,20,21,22). The van der Waals surface area contributed by atoms with E-state index < -0.39 is 6.04 Å². The summed E-state index contributed by atoms with van der Waals surface area (Å²) in [5.41, 5.74) is 2.18. The van der Waals surface area contributed by atoms with E-state index in [4.69, 9.17) is 11.6 Å². The van der Waals surface area contributed by atoms with E-state index in [1.54, 1.807) is 6.20 Å². The number of nitrogens with one attached hydrogen (secondary N) is 3. The minimum atomic E-state index is -0.490. The molecule has 2 aromatic heterocycles. The Bertz CT molecular complexity index is 841. The molecular weight excluding hydrogens is 328 g/mol. The number of H-pyrrole nitrogens is 1. The number of hydrogen-bond donors (Lipinski definition) is 3. The Hall–Kier alpha value is -2.67. The van der Waals surface area contributed by atoms with Gasteiger partial charge in [0.2, 0.25) is 5.96 Å². The predicted octanol–water partition coefficient (Wildman–Crippen LogP) is 2.58. The number of pyridine rings is 1. The van der Waals surface area contributed by atoms with Gasteiger partial charge in [-0.2, -0.15) is 5.10 Å². The minimum absolute atomic E-state index is 0.0973. The van der Waals surface area contributed by atoms with Crippen molar-refractivity contribution in [2.24, 2.45) is 4.99 Å². The quantitative estimate of drug-likeness (QED) is 0.779. The highest BCUT2D eigenvalue weighted by molar-refractivity contribution is 6.31. The van der Waals surface area contributed by atoms with E-state index in [0.717, 1.165) is 18.5 Å². The van der Waals surface area contributed by atoms with Crippen molar-refractivity contribution in [2.75, 3.05) is 5.32 Å². The number of Topliss-reactive ketones (excluding diaryl/α,β-unsaturated/α-hetero) is 1. The molecule has 0 saturated heterocycles. The highest BCUT2D eigenvalue weighted by Crippen LogP contribution is 2.37. The molecule has 7 nitrogen and oxygen atoms in total. The third-order valence-corrected chi connectivity index (χ3v) is 4.36. The summed E-state index contributed by atoms with van der Waals surface area (Å²) in [7, 11) is 0. The van der Waals surface area contributed by atoms with E-state index >= 15 is 0 Å². The van der Waals surface area contributed by atoms with Crippen molar-refractivity contribution >= 4 is 29.2 Å². The first kappa shape index (κ1) is 14.9. The number of aromatic nitrogens is 3. The zero-order chi connectivity index (χ0) is 16.5. The second kappa shape index (κ2) is 6.09. The molecule has 122 valence electrons. The van der Waals surface area contributed by atoms with Gasteiger partial charge in [0.1, 0.15) is 11.9 Å². The maximum absolute atomic E-state index is 12.4. The number of halogens is 1. The van der Waals surface area contributed by atoms with Crippen molar-refractivity contribution < 1.29 is 4.79 Å². The monoisotopic (exact) mass is 342 g/mol. The summed E-state index contributed by atoms with van der Waals surface area (Å²) in [6, 6.07) is 5.08. The van der Waals surface area contributed by atoms with Gasteiger partial charge in [0.05, 0.1) is 16.9 Å². The lowest BCUT2D eigenvalue weighted by Gasteiger charge is -2.30. The first-order valence-corrected chi connectivity index (χ1v) is 8.08. The summed E-state index contributed by atoms with van der Waals surface area (Å²) in [4.78, 5) is 21.3. The van der Waals surface area contributed by atoms with Crippen molar-refractivity contribution in [1.29, 1.82) is 0 Å². The van der Waals surface area contributed by atoms with Crippen molar-refractivity contribution in [2.45, 2.75) is 25.3 Å². The first-order chi connectivity index (χ1) is 11.7. The molecule has 3 N–H and O–H groups in total. The lowest BCUT2D eigenvalue weighted by atomic mass is 9.88. The van der Waals surface area contributed by atoms with E-state index in [1.165, 1.54) is 6.20 Å². The summed E-state index contributed by atoms with van der Waals surface area (Å²) in [6.45, 7) is 0. The Kier molecular flexibility index (Phi) is 3.78. The number of aliphatic imine (C=N–C) groups is 1. The van der Waals surface area contributed by atoms with E-state index in [9.17, 15) is 4.79 Å². The van der Waals surface area contributed by atoms with Crippen LogP contribution in [0.2, 0.25) is 5.02 Å². The molecule has 24 heavy (non-hydrogen) atoms. The average molecular weight is 343 g/mol. The molecule has 0 amide bonds. The van der Waals surface area contributed by atoms with Crippen molar-refractivity contribution in [3.8, 4) is 0 Å². The van der Waals surface area contributed by atoms with Gasteiger partial charge < -0.3 is 10.6 Å². The maximum atomic E-state index is 12.4. The number of rotatable bonds is 2. The fourth-order valence-corrected chi connectivity index (χ4v) is 3.18. The van der Waals surface area contributed by atoms with E-state index in [-0.39, 0.29) is 5.78 Å². The van der Waals surface area contributed by atoms with Crippen LogP contribution in [-0.2, 0) is 4.79 Å². The van der Waals surface area contributed by atoms with Gasteiger partial charge >= 0.3 is 0 Å². The van der Waals surface area contributed by atoms with Gasteiger partial charge in [-0.05, 0) is 25.0 Å². The molecule has 0 spiro atoms. The summed E-state index contributed by atoms with van der Waals surface area (Å²) in [5, 5.41) is 13.7. The SMILES string of the molecule is O=C1CCCC2=C1C(c1[nH]ncc1Cl)N=C(Nc1ccccn1)N2. The van der Waals surface area contributed by atoms with Gasteiger partial charge in [-0.15, -0.1) is 0 Å². The van der Waals surface area contributed by atoms with E-state index in [0.29, 0.717) is 34.5 Å². The topological polar surface area (TPSA) is 95.1 Å². The van der Waals surface area contributed by atoms with Gasteiger partial charge in [0, 0.05) is 23.9 Å². The third kappa shape index (κ3) is 2.67. The summed E-state index contributed by atoms with van der Waals surface area (Å²) < 4.78 is 0. The number of guanidine groups is 1. The number of hydrogen-bond acceptors (Lipinski definition) is 6. The Morgan fingerprint density at radius 1 is 1.29 bits per heavy atom. The van der Waals surface area contributed by atoms with Crippen LogP contribution in [0.3, 0.4) is 0 Å². The zero-order valence-electron chi connectivity index (χ0n) is 12.7. The van der Waals surface area contributed by atoms with Crippen LogP contribution in [0, 0.1) is 0 Å². The van der Waals surface area contributed by atoms with Crippen molar-refractivity contribution in [3.63, 3.8) is 0 Å². The molecule has 0 saturated carbocycles. The molecule has 8 heteroatoms. The third-order valence-electron chi connectivity index (χ3n) is 4.06. The average Bonchev–Trinajstić information content (AvgIpc) is 3.01. The minimum Gasteiger partial charge on any atom is -0.329 e. The summed E-state index contributed by atoms with van der Waals surface area (Å²) in [5.74, 6) is 1.31. The first-order valence-electron chi connectivity index (χ1n) is 7.70. The van der Waals surface area contributed by atoms with Gasteiger partial charge in [-0.25, -0.2) is 9.98 Å². The largest absolute Gasteiger partial charge is 0.329 e.